The summed E-state index contributed by atoms with van der Waals surface area (Å²) < 4.78 is 13.6. The quantitative estimate of drug-likeness (QED) is 0.719. The lowest BCUT2D eigenvalue weighted by atomic mass is 9.87. The molecule has 0 fully saturated rings. The second-order valence-electron chi connectivity index (χ2n) is 5.93. The Hall–Kier alpha value is -1.09. The third-order valence-corrected chi connectivity index (χ3v) is 3.59. The molecule has 0 aromatic heterocycles. The van der Waals surface area contributed by atoms with E-state index in [1.54, 1.807) is 0 Å². The van der Waals surface area contributed by atoms with E-state index in [1.807, 2.05) is 0 Å². The Morgan fingerprint density at radius 2 is 2.05 bits per heavy atom. The summed E-state index contributed by atoms with van der Waals surface area (Å²) in [4.78, 5) is 12.0. The fourth-order valence-corrected chi connectivity index (χ4v) is 2.20. The Morgan fingerprint density at radius 1 is 1.35 bits per heavy atom. The average molecular weight is 300 g/mol. The summed E-state index contributed by atoms with van der Waals surface area (Å²) in [6.07, 6.45) is 4.56. The third kappa shape index (κ3) is 5.49. The standard InChI is InChI=1S/C16H23ClFNO/c1-4-5-6-9-16(2,3)11-19-15(20)13-10-12(17)7-8-14(13)18/h7-8,10H,4-6,9,11H2,1-3H3,(H,19,20). The molecule has 1 aromatic rings. The van der Waals surface area contributed by atoms with Gasteiger partial charge in [0.15, 0.2) is 0 Å². The summed E-state index contributed by atoms with van der Waals surface area (Å²) in [5.41, 5.74) is 0.0155. The van der Waals surface area contributed by atoms with Crippen molar-refractivity contribution >= 4 is 17.5 Å². The Kier molecular flexibility index (Phi) is 6.47. The first-order chi connectivity index (χ1) is 9.35. The van der Waals surface area contributed by atoms with Gasteiger partial charge in [0.25, 0.3) is 5.91 Å². The maximum atomic E-state index is 13.6. The summed E-state index contributed by atoms with van der Waals surface area (Å²) in [5.74, 6) is -0.954. The van der Waals surface area contributed by atoms with Crippen molar-refractivity contribution in [2.75, 3.05) is 6.54 Å². The predicted octanol–water partition coefficient (Wildman–Crippen LogP) is 4.82. The van der Waals surface area contributed by atoms with Crippen LogP contribution in [0.5, 0.6) is 0 Å². The molecular weight excluding hydrogens is 277 g/mol. The summed E-state index contributed by atoms with van der Waals surface area (Å²) in [6, 6.07) is 4.00. The van der Waals surface area contributed by atoms with Gasteiger partial charge in [0.2, 0.25) is 0 Å². The molecular formula is C16H23ClFNO. The van der Waals surface area contributed by atoms with Gasteiger partial charge < -0.3 is 5.32 Å². The van der Waals surface area contributed by atoms with Crippen LogP contribution in [0.2, 0.25) is 5.02 Å². The zero-order valence-corrected chi connectivity index (χ0v) is 13.2. The van der Waals surface area contributed by atoms with Crippen molar-refractivity contribution in [3.63, 3.8) is 0 Å². The number of benzene rings is 1. The molecule has 0 aliphatic carbocycles. The molecule has 0 aliphatic rings. The Morgan fingerprint density at radius 3 is 2.70 bits per heavy atom. The highest BCUT2D eigenvalue weighted by Crippen LogP contribution is 2.23. The lowest BCUT2D eigenvalue weighted by Crippen LogP contribution is -2.34. The van der Waals surface area contributed by atoms with Crippen molar-refractivity contribution in [2.45, 2.75) is 46.5 Å². The van der Waals surface area contributed by atoms with E-state index < -0.39 is 11.7 Å². The number of nitrogens with one attached hydrogen (secondary N) is 1. The molecule has 1 amide bonds. The van der Waals surface area contributed by atoms with Crippen molar-refractivity contribution in [3.05, 3.63) is 34.6 Å². The van der Waals surface area contributed by atoms with Crippen LogP contribution in [-0.2, 0) is 0 Å². The number of hydrogen-bond donors (Lipinski definition) is 1. The zero-order chi connectivity index (χ0) is 15.2. The Bertz CT molecular complexity index is 460. The molecule has 0 atom stereocenters. The fourth-order valence-electron chi connectivity index (χ4n) is 2.03. The number of amides is 1. The molecule has 0 aliphatic heterocycles. The molecule has 4 heteroatoms. The maximum absolute atomic E-state index is 13.6. The molecule has 0 bridgehead atoms. The van der Waals surface area contributed by atoms with Crippen molar-refractivity contribution in [3.8, 4) is 0 Å². The van der Waals surface area contributed by atoms with Crippen molar-refractivity contribution in [2.24, 2.45) is 5.41 Å². The van der Waals surface area contributed by atoms with Gasteiger partial charge in [-0.2, -0.15) is 0 Å². The van der Waals surface area contributed by atoms with Crippen LogP contribution in [0.25, 0.3) is 0 Å². The number of carbonyl (C=O) groups is 1. The number of rotatable bonds is 7. The first kappa shape index (κ1) is 17.0. The molecule has 0 unspecified atom stereocenters. The van der Waals surface area contributed by atoms with Gasteiger partial charge >= 0.3 is 0 Å². The summed E-state index contributed by atoms with van der Waals surface area (Å²) in [5, 5.41) is 3.16. The van der Waals surface area contributed by atoms with Crippen LogP contribution in [0.15, 0.2) is 18.2 Å². The molecule has 20 heavy (non-hydrogen) atoms. The van der Waals surface area contributed by atoms with E-state index in [-0.39, 0.29) is 11.0 Å². The lowest BCUT2D eigenvalue weighted by Gasteiger charge is -2.25. The minimum atomic E-state index is -0.546. The molecule has 0 saturated carbocycles. The van der Waals surface area contributed by atoms with E-state index in [9.17, 15) is 9.18 Å². The molecule has 0 spiro atoms. The van der Waals surface area contributed by atoms with Crippen LogP contribution in [0.3, 0.4) is 0 Å². The minimum absolute atomic E-state index is 0.00172. The van der Waals surface area contributed by atoms with Crippen molar-refractivity contribution in [1.29, 1.82) is 0 Å². The largest absolute Gasteiger partial charge is 0.351 e. The number of halogens is 2. The maximum Gasteiger partial charge on any atom is 0.254 e. The topological polar surface area (TPSA) is 29.1 Å². The smallest absolute Gasteiger partial charge is 0.254 e. The van der Waals surface area contributed by atoms with Crippen LogP contribution in [-0.4, -0.2) is 12.5 Å². The first-order valence-corrected chi connectivity index (χ1v) is 7.47. The molecule has 1 aromatic carbocycles. The summed E-state index contributed by atoms with van der Waals surface area (Å²) in [6.45, 7) is 6.91. The van der Waals surface area contributed by atoms with E-state index in [2.05, 4.69) is 26.1 Å². The number of hydrogen-bond acceptors (Lipinski definition) is 1. The van der Waals surface area contributed by atoms with Crippen LogP contribution in [0.1, 0.15) is 56.8 Å². The predicted molar refractivity (Wildman–Crippen MR) is 81.7 cm³/mol. The highest BCUT2D eigenvalue weighted by Gasteiger charge is 2.20. The van der Waals surface area contributed by atoms with E-state index in [1.165, 1.54) is 31.0 Å². The number of unbranched alkanes of at least 4 members (excludes halogenated alkanes) is 2. The van der Waals surface area contributed by atoms with Gasteiger partial charge in [-0.15, -0.1) is 0 Å². The molecule has 1 N–H and O–H groups in total. The van der Waals surface area contributed by atoms with Gasteiger partial charge in [0.05, 0.1) is 5.56 Å². The first-order valence-electron chi connectivity index (χ1n) is 7.09. The molecule has 2 nitrogen and oxygen atoms in total. The van der Waals surface area contributed by atoms with Crippen LogP contribution >= 0.6 is 11.6 Å². The molecule has 112 valence electrons. The van der Waals surface area contributed by atoms with Gasteiger partial charge in [-0.1, -0.05) is 51.6 Å². The molecule has 1 rings (SSSR count). The summed E-state index contributed by atoms with van der Waals surface area (Å²) in [7, 11) is 0. The highest BCUT2D eigenvalue weighted by molar-refractivity contribution is 6.30. The number of carbonyl (C=O) groups excluding carboxylic acids is 1. The van der Waals surface area contributed by atoms with Gasteiger partial charge in [0.1, 0.15) is 5.82 Å². The lowest BCUT2D eigenvalue weighted by molar-refractivity contribution is 0.0930. The second-order valence-corrected chi connectivity index (χ2v) is 6.36. The van der Waals surface area contributed by atoms with E-state index in [0.717, 1.165) is 12.8 Å². The van der Waals surface area contributed by atoms with E-state index >= 15 is 0 Å². The van der Waals surface area contributed by atoms with Gasteiger partial charge in [-0.3, -0.25) is 4.79 Å². The average Bonchev–Trinajstić information content (AvgIpc) is 2.39. The van der Waals surface area contributed by atoms with Gasteiger partial charge in [-0.05, 0) is 30.0 Å². The minimum Gasteiger partial charge on any atom is -0.351 e. The molecule has 0 heterocycles. The monoisotopic (exact) mass is 299 g/mol. The normalized spacial score (nSPS) is 11.4. The van der Waals surface area contributed by atoms with Crippen LogP contribution in [0.4, 0.5) is 4.39 Å². The van der Waals surface area contributed by atoms with E-state index in [0.29, 0.717) is 11.6 Å². The molecule has 0 saturated heterocycles. The summed E-state index contributed by atoms with van der Waals surface area (Å²) >= 11 is 5.79. The zero-order valence-electron chi connectivity index (χ0n) is 12.4. The highest BCUT2D eigenvalue weighted by atomic mass is 35.5. The van der Waals surface area contributed by atoms with Crippen LogP contribution < -0.4 is 5.32 Å². The van der Waals surface area contributed by atoms with Gasteiger partial charge in [0, 0.05) is 11.6 Å². The van der Waals surface area contributed by atoms with Crippen molar-refractivity contribution in [1.82, 2.24) is 5.32 Å². The fraction of sp³-hybridized carbons (Fsp3) is 0.562. The Labute approximate surface area is 125 Å². The second kappa shape index (κ2) is 7.63. The Balaban J connectivity index is 2.56. The van der Waals surface area contributed by atoms with Crippen LogP contribution in [0, 0.1) is 11.2 Å². The van der Waals surface area contributed by atoms with Crippen molar-refractivity contribution < 1.29 is 9.18 Å². The van der Waals surface area contributed by atoms with E-state index in [4.69, 9.17) is 11.6 Å². The third-order valence-electron chi connectivity index (χ3n) is 3.36. The van der Waals surface area contributed by atoms with Gasteiger partial charge in [-0.25, -0.2) is 4.39 Å². The SMILES string of the molecule is CCCCCC(C)(C)CNC(=O)c1cc(Cl)ccc1F. The molecule has 0 radical (unpaired) electrons.